The van der Waals surface area contributed by atoms with Crippen LogP contribution in [0.5, 0.6) is 0 Å². The van der Waals surface area contributed by atoms with Crippen molar-refractivity contribution in [1.82, 2.24) is 14.9 Å². The first-order chi connectivity index (χ1) is 9.40. The van der Waals surface area contributed by atoms with Crippen molar-refractivity contribution in [2.75, 3.05) is 0 Å². The zero-order chi connectivity index (χ0) is 14.8. The van der Waals surface area contributed by atoms with E-state index in [0.29, 0.717) is 5.82 Å². The van der Waals surface area contributed by atoms with E-state index in [2.05, 4.69) is 56.2 Å². The summed E-state index contributed by atoms with van der Waals surface area (Å²) >= 11 is 0. The number of nitrogens with zero attached hydrogens (tertiary/aromatic N) is 3. The van der Waals surface area contributed by atoms with Gasteiger partial charge in [-0.25, -0.2) is 4.98 Å². The Morgan fingerprint density at radius 1 is 1.35 bits per heavy atom. The van der Waals surface area contributed by atoms with Crippen molar-refractivity contribution >= 4 is 0 Å². The van der Waals surface area contributed by atoms with E-state index in [-0.39, 0.29) is 5.54 Å². The van der Waals surface area contributed by atoms with Gasteiger partial charge in [-0.05, 0) is 39.3 Å². The lowest BCUT2D eigenvalue weighted by atomic mass is 10.1. The summed E-state index contributed by atoms with van der Waals surface area (Å²) in [6.07, 6.45) is 3.48. The van der Waals surface area contributed by atoms with Crippen LogP contribution in [-0.2, 0) is 6.54 Å². The predicted octanol–water partition coefficient (Wildman–Crippen LogP) is 2.94. The molecule has 1 aromatic carbocycles. The minimum absolute atomic E-state index is 0.0496. The quantitative estimate of drug-likeness (QED) is 0.931. The third-order valence-corrected chi connectivity index (χ3v) is 3.04. The normalized spacial score (nSPS) is 11.3. The molecule has 0 bridgehead atoms. The molecule has 20 heavy (non-hydrogen) atoms. The molecule has 0 atom stereocenters. The molecule has 0 unspecified atom stereocenters. The lowest BCUT2D eigenvalue weighted by Gasteiger charge is -2.22. The molecule has 0 spiro atoms. The van der Waals surface area contributed by atoms with E-state index in [1.807, 2.05) is 16.8 Å². The maximum Gasteiger partial charge on any atom is 0.217 e. The van der Waals surface area contributed by atoms with Gasteiger partial charge in [0, 0.05) is 24.5 Å². The molecule has 1 aromatic heterocycles. The molecule has 0 aliphatic rings. The molecule has 4 nitrogen and oxygen atoms in total. The lowest BCUT2D eigenvalue weighted by Crippen LogP contribution is -2.35. The highest BCUT2D eigenvalue weighted by atomic mass is 15.1. The van der Waals surface area contributed by atoms with Gasteiger partial charge >= 0.3 is 0 Å². The van der Waals surface area contributed by atoms with Crippen LogP contribution in [0.2, 0.25) is 0 Å². The van der Waals surface area contributed by atoms with Gasteiger partial charge < -0.3 is 5.32 Å². The Hall–Kier alpha value is -2.12. The van der Waals surface area contributed by atoms with Crippen LogP contribution in [0.3, 0.4) is 0 Å². The van der Waals surface area contributed by atoms with E-state index in [4.69, 9.17) is 5.26 Å². The number of benzene rings is 1. The molecule has 0 amide bonds. The summed E-state index contributed by atoms with van der Waals surface area (Å²) in [4.78, 5) is 4.06. The Kier molecular flexibility index (Phi) is 3.91. The Morgan fingerprint density at radius 3 is 2.75 bits per heavy atom. The minimum atomic E-state index is 0.0496. The zero-order valence-electron chi connectivity index (χ0n) is 12.4. The second kappa shape index (κ2) is 5.48. The topological polar surface area (TPSA) is 53.6 Å². The summed E-state index contributed by atoms with van der Waals surface area (Å²) in [6, 6.07) is 8.36. The number of hydrogen-bond donors (Lipinski definition) is 1. The van der Waals surface area contributed by atoms with Crippen molar-refractivity contribution < 1.29 is 0 Å². The SMILES string of the molecule is Cc1ccc(-n2ccnc2C#N)c(CNC(C)(C)C)c1. The summed E-state index contributed by atoms with van der Waals surface area (Å²) < 4.78 is 1.83. The Morgan fingerprint density at radius 2 is 2.10 bits per heavy atom. The second-order valence-corrected chi connectivity index (χ2v) is 5.97. The highest BCUT2D eigenvalue weighted by Crippen LogP contribution is 2.19. The number of nitrogens with one attached hydrogen (secondary N) is 1. The van der Waals surface area contributed by atoms with E-state index in [1.165, 1.54) is 5.56 Å². The van der Waals surface area contributed by atoms with Gasteiger partial charge in [-0.3, -0.25) is 4.57 Å². The summed E-state index contributed by atoms with van der Waals surface area (Å²) in [5.74, 6) is 0.408. The number of rotatable bonds is 3. The van der Waals surface area contributed by atoms with Crippen LogP contribution in [0.25, 0.3) is 5.69 Å². The molecule has 0 saturated carbocycles. The van der Waals surface area contributed by atoms with Crippen molar-refractivity contribution in [2.24, 2.45) is 0 Å². The molecule has 4 heteroatoms. The van der Waals surface area contributed by atoms with Crippen molar-refractivity contribution in [1.29, 1.82) is 5.26 Å². The molecule has 0 fully saturated rings. The monoisotopic (exact) mass is 268 g/mol. The number of aromatic nitrogens is 2. The Bertz CT molecular complexity index is 641. The highest BCUT2D eigenvalue weighted by molar-refractivity contribution is 5.45. The first kappa shape index (κ1) is 14.3. The summed E-state index contributed by atoms with van der Waals surface area (Å²) in [5, 5.41) is 12.6. The number of nitriles is 1. The lowest BCUT2D eigenvalue weighted by molar-refractivity contribution is 0.424. The van der Waals surface area contributed by atoms with E-state index in [9.17, 15) is 0 Å². The van der Waals surface area contributed by atoms with Gasteiger partial charge in [0.05, 0.1) is 5.69 Å². The number of imidazole rings is 1. The first-order valence-corrected chi connectivity index (χ1v) is 6.69. The van der Waals surface area contributed by atoms with Crippen LogP contribution in [0.15, 0.2) is 30.6 Å². The maximum absolute atomic E-state index is 9.12. The van der Waals surface area contributed by atoms with Crippen molar-refractivity contribution in [3.8, 4) is 11.8 Å². The standard InChI is InChI=1S/C16H20N4/c1-12-5-6-14(20-8-7-18-15(20)10-17)13(9-12)11-19-16(2,3)4/h5-9,19H,11H2,1-4H3. The van der Waals surface area contributed by atoms with E-state index < -0.39 is 0 Å². The van der Waals surface area contributed by atoms with Crippen LogP contribution in [0, 0.1) is 18.3 Å². The van der Waals surface area contributed by atoms with Crippen molar-refractivity contribution in [3.05, 3.63) is 47.5 Å². The second-order valence-electron chi connectivity index (χ2n) is 5.97. The molecule has 1 N–H and O–H groups in total. The zero-order valence-corrected chi connectivity index (χ0v) is 12.4. The molecule has 2 rings (SSSR count). The predicted molar refractivity (Wildman–Crippen MR) is 79.6 cm³/mol. The molecule has 104 valence electrons. The van der Waals surface area contributed by atoms with E-state index >= 15 is 0 Å². The van der Waals surface area contributed by atoms with Gasteiger partial charge in [-0.2, -0.15) is 5.26 Å². The summed E-state index contributed by atoms with van der Waals surface area (Å²) in [7, 11) is 0. The molecular weight excluding hydrogens is 248 g/mol. The third kappa shape index (κ3) is 3.25. The minimum Gasteiger partial charge on any atom is -0.308 e. The van der Waals surface area contributed by atoms with Gasteiger partial charge in [0.1, 0.15) is 6.07 Å². The van der Waals surface area contributed by atoms with Gasteiger partial charge in [0.15, 0.2) is 0 Å². The van der Waals surface area contributed by atoms with E-state index in [1.54, 1.807) is 6.20 Å². The maximum atomic E-state index is 9.12. The van der Waals surface area contributed by atoms with Crippen LogP contribution < -0.4 is 5.32 Å². The fourth-order valence-electron chi connectivity index (χ4n) is 2.03. The molecule has 1 heterocycles. The Balaban J connectivity index is 2.41. The first-order valence-electron chi connectivity index (χ1n) is 6.69. The van der Waals surface area contributed by atoms with Crippen molar-refractivity contribution in [3.63, 3.8) is 0 Å². The van der Waals surface area contributed by atoms with Gasteiger partial charge in [-0.15, -0.1) is 0 Å². The molecular formula is C16H20N4. The molecule has 0 saturated heterocycles. The van der Waals surface area contributed by atoms with E-state index in [0.717, 1.165) is 17.8 Å². The average molecular weight is 268 g/mol. The fourth-order valence-corrected chi connectivity index (χ4v) is 2.03. The van der Waals surface area contributed by atoms with Crippen LogP contribution in [0.1, 0.15) is 37.7 Å². The highest BCUT2D eigenvalue weighted by Gasteiger charge is 2.13. The summed E-state index contributed by atoms with van der Waals surface area (Å²) in [5.41, 5.74) is 3.42. The Labute approximate surface area is 120 Å². The number of hydrogen-bond acceptors (Lipinski definition) is 3. The average Bonchev–Trinajstić information content (AvgIpc) is 2.83. The number of aryl methyl sites for hydroxylation is 1. The molecule has 0 radical (unpaired) electrons. The van der Waals surface area contributed by atoms with Gasteiger partial charge in [0.2, 0.25) is 5.82 Å². The molecule has 0 aliphatic heterocycles. The van der Waals surface area contributed by atoms with Gasteiger partial charge in [0.25, 0.3) is 0 Å². The van der Waals surface area contributed by atoms with Crippen LogP contribution >= 0.6 is 0 Å². The molecule has 2 aromatic rings. The van der Waals surface area contributed by atoms with Gasteiger partial charge in [-0.1, -0.05) is 17.7 Å². The smallest absolute Gasteiger partial charge is 0.217 e. The van der Waals surface area contributed by atoms with Crippen LogP contribution in [-0.4, -0.2) is 15.1 Å². The fraction of sp³-hybridized carbons (Fsp3) is 0.375. The van der Waals surface area contributed by atoms with Crippen molar-refractivity contribution in [2.45, 2.75) is 39.8 Å². The third-order valence-electron chi connectivity index (χ3n) is 3.04. The van der Waals surface area contributed by atoms with Crippen LogP contribution in [0.4, 0.5) is 0 Å². The molecule has 0 aliphatic carbocycles. The summed E-state index contributed by atoms with van der Waals surface area (Å²) in [6.45, 7) is 9.24. The largest absolute Gasteiger partial charge is 0.308 e.